The number of ketones is 1. The van der Waals surface area contributed by atoms with Crippen LogP contribution >= 0.6 is 0 Å². The molecule has 0 spiro atoms. The zero-order valence-corrected chi connectivity index (χ0v) is 17.2. The van der Waals surface area contributed by atoms with Crippen LogP contribution in [0.1, 0.15) is 54.9 Å². The van der Waals surface area contributed by atoms with Gasteiger partial charge in [-0.25, -0.2) is 4.79 Å². The molecule has 6 nitrogen and oxygen atoms in total. The molecule has 1 saturated heterocycles. The van der Waals surface area contributed by atoms with Crippen molar-refractivity contribution in [3.05, 3.63) is 59.2 Å². The van der Waals surface area contributed by atoms with Gasteiger partial charge in [0.05, 0.1) is 18.8 Å². The average Bonchev–Trinajstić information content (AvgIpc) is 3.43. The number of epoxide rings is 1. The van der Waals surface area contributed by atoms with Crippen LogP contribution in [0.2, 0.25) is 0 Å². The smallest absolute Gasteiger partial charge is 0.342 e. The number of hydrogen-bond acceptors (Lipinski definition) is 6. The first-order valence-electron chi connectivity index (χ1n) is 10.3. The molecule has 6 heteroatoms. The average molecular weight is 412 g/mol. The second-order valence-corrected chi connectivity index (χ2v) is 7.69. The first kappa shape index (κ1) is 21.8. The summed E-state index contributed by atoms with van der Waals surface area (Å²) in [4.78, 5) is 24.2. The van der Waals surface area contributed by atoms with E-state index in [1.807, 2.05) is 0 Å². The van der Waals surface area contributed by atoms with Crippen molar-refractivity contribution in [3.8, 4) is 11.5 Å². The van der Waals surface area contributed by atoms with Crippen molar-refractivity contribution in [1.29, 1.82) is 0 Å². The van der Waals surface area contributed by atoms with Crippen molar-refractivity contribution in [2.24, 2.45) is 0 Å². The number of benzene rings is 1. The molecule has 2 unspecified atom stereocenters. The third kappa shape index (κ3) is 6.32. The lowest BCUT2D eigenvalue weighted by Crippen LogP contribution is -2.13. The number of carbonyl (C=O) groups excluding carboxylic acids is 2. The van der Waals surface area contributed by atoms with E-state index in [2.05, 4.69) is 25.2 Å². The lowest BCUT2D eigenvalue weighted by Gasteiger charge is -2.11. The quantitative estimate of drug-likeness (QED) is 0.491. The summed E-state index contributed by atoms with van der Waals surface area (Å²) in [6.07, 6.45) is 14.7. The molecule has 30 heavy (non-hydrogen) atoms. The molecule has 3 aliphatic rings. The van der Waals surface area contributed by atoms with Crippen LogP contribution in [-0.2, 0) is 20.7 Å². The molecular formula is C24H28O6. The van der Waals surface area contributed by atoms with Gasteiger partial charge in [-0.05, 0) is 50.3 Å². The Kier molecular flexibility index (Phi) is 7.46. The van der Waals surface area contributed by atoms with Crippen LogP contribution in [0, 0.1) is 0 Å². The number of rotatable bonds is 0. The number of aromatic hydroxyl groups is 2. The third-order valence-electron chi connectivity index (χ3n) is 5.18. The molecule has 0 amide bonds. The van der Waals surface area contributed by atoms with Gasteiger partial charge in [-0.2, -0.15) is 0 Å². The number of allylic oxidation sites excluding steroid dienone is 6. The minimum absolute atomic E-state index is 0.0742. The van der Waals surface area contributed by atoms with Gasteiger partial charge in [0.2, 0.25) is 0 Å². The van der Waals surface area contributed by atoms with Gasteiger partial charge in [-0.1, -0.05) is 29.9 Å². The van der Waals surface area contributed by atoms with E-state index in [0.29, 0.717) is 6.42 Å². The number of phenols is 2. The monoisotopic (exact) mass is 412 g/mol. The Labute approximate surface area is 176 Å². The van der Waals surface area contributed by atoms with E-state index >= 15 is 0 Å². The fourth-order valence-electron chi connectivity index (χ4n) is 3.54. The molecule has 4 rings (SSSR count). The van der Waals surface area contributed by atoms with Gasteiger partial charge in [0.25, 0.3) is 0 Å². The third-order valence-corrected chi connectivity index (χ3v) is 5.18. The van der Waals surface area contributed by atoms with E-state index in [0.717, 1.165) is 18.9 Å². The molecule has 2 atom stereocenters. The largest absolute Gasteiger partial charge is 0.508 e. The number of phenolic OH excluding ortho intramolecular Hbond substituents is 2. The summed E-state index contributed by atoms with van der Waals surface area (Å²) < 4.78 is 10.6. The van der Waals surface area contributed by atoms with Gasteiger partial charge in [0, 0.05) is 18.9 Å². The van der Waals surface area contributed by atoms with Crippen LogP contribution in [0.25, 0.3) is 0 Å². The SMILES string of the molecule is CC1=CCCC=C1.O=C1/C=C/CCC2OC2CCOC(=O)c2c(O)cc(O)cc2C1. The van der Waals surface area contributed by atoms with Crippen LogP contribution in [0.3, 0.4) is 0 Å². The van der Waals surface area contributed by atoms with Gasteiger partial charge in [-0.3, -0.25) is 4.79 Å². The minimum atomic E-state index is -0.705. The fraction of sp³-hybridized carbons (Fsp3) is 0.417. The van der Waals surface area contributed by atoms with Crippen LogP contribution in [-0.4, -0.2) is 40.8 Å². The molecule has 2 heterocycles. The van der Waals surface area contributed by atoms with Crippen molar-refractivity contribution in [3.63, 3.8) is 0 Å². The van der Waals surface area contributed by atoms with E-state index in [-0.39, 0.29) is 47.9 Å². The summed E-state index contributed by atoms with van der Waals surface area (Å²) in [6, 6.07) is 2.36. The number of fused-ring (bicyclic) bond motifs is 2. The van der Waals surface area contributed by atoms with Crippen LogP contribution in [0.5, 0.6) is 11.5 Å². The second-order valence-electron chi connectivity index (χ2n) is 7.69. The molecule has 1 fully saturated rings. The Bertz CT molecular complexity index is 880. The Morgan fingerprint density at radius 3 is 2.43 bits per heavy atom. The van der Waals surface area contributed by atoms with Crippen molar-refractivity contribution in [1.82, 2.24) is 0 Å². The van der Waals surface area contributed by atoms with E-state index in [9.17, 15) is 19.8 Å². The van der Waals surface area contributed by atoms with Crippen LogP contribution in [0.4, 0.5) is 0 Å². The van der Waals surface area contributed by atoms with Gasteiger partial charge in [-0.15, -0.1) is 0 Å². The summed E-state index contributed by atoms with van der Waals surface area (Å²) >= 11 is 0. The normalized spacial score (nSPS) is 24.8. The summed E-state index contributed by atoms with van der Waals surface area (Å²) in [5.41, 5.74) is 1.58. The summed E-state index contributed by atoms with van der Waals surface area (Å²) in [5, 5.41) is 19.5. The number of ether oxygens (including phenoxy) is 2. The first-order valence-corrected chi connectivity index (χ1v) is 10.3. The van der Waals surface area contributed by atoms with Gasteiger partial charge in [0.1, 0.15) is 17.1 Å². The Morgan fingerprint density at radius 2 is 1.73 bits per heavy atom. The minimum Gasteiger partial charge on any atom is -0.508 e. The lowest BCUT2D eigenvalue weighted by atomic mass is 10.00. The highest BCUT2D eigenvalue weighted by Gasteiger charge is 2.37. The molecule has 0 aromatic heterocycles. The van der Waals surface area contributed by atoms with E-state index < -0.39 is 11.7 Å². The van der Waals surface area contributed by atoms with E-state index in [1.54, 1.807) is 6.08 Å². The Balaban J connectivity index is 0.000000310. The summed E-state index contributed by atoms with van der Waals surface area (Å²) in [5.74, 6) is -1.52. The van der Waals surface area contributed by atoms with E-state index in [4.69, 9.17) is 9.47 Å². The molecule has 1 aromatic carbocycles. The number of hydrogen-bond donors (Lipinski definition) is 2. The number of cyclic esters (lactones) is 1. The molecule has 1 aromatic rings. The maximum atomic E-state index is 12.2. The molecule has 2 aliphatic heterocycles. The first-order chi connectivity index (χ1) is 14.4. The molecular weight excluding hydrogens is 384 g/mol. The van der Waals surface area contributed by atoms with Crippen molar-refractivity contribution < 1.29 is 29.3 Å². The molecule has 0 radical (unpaired) electrons. The Hall–Kier alpha value is -2.86. The number of carbonyl (C=O) groups is 2. The van der Waals surface area contributed by atoms with Crippen LogP contribution in [0.15, 0.2) is 48.1 Å². The predicted octanol–water partition coefficient (Wildman–Crippen LogP) is 4.16. The van der Waals surface area contributed by atoms with Gasteiger partial charge >= 0.3 is 5.97 Å². The highest BCUT2D eigenvalue weighted by molar-refractivity contribution is 5.98. The van der Waals surface area contributed by atoms with Gasteiger partial charge < -0.3 is 19.7 Å². The number of esters is 1. The fourth-order valence-corrected chi connectivity index (χ4v) is 3.54. The molecule has 2 N–H and O–H groups in total. The van der Waals surface area contributed by atoms with Crippen molar-refractivity contribution in [2.75, 3.05) is 6.61 Å². The van der Waals surface area contributed by atoms with Gasteiger partial charge in [0.15, 0.2) is 5.78 Å². The molecule has 160 valence electrons. The summed E-state index contributed by atoms with van der Waals surface area (Å²) in [6.45, 7) is 2.32. The second kappa shape index (κ2) is 10.3. The predicted molar refractivity (Wildman–Crippen MR) is 113 cm³/mol. The zero-order chi connectivity index (χ0) is 21.5. The van der Waals surface area contributed by atoms with Crippen molar-refractivity contribution in [2.45, 2.75) is 57.7 Å². The maximum absolute atomic E-state index is 12.2. The van der Waals surface area contributed by atoms with E-state index in [1.165, 1.54) is 30.6 Å². The van der Waals surface area contributed by atoms with Crippen molar-refractivity contribution >= 4 is 11.8 Å². The maximum Gasteiger partial charge on any atom is 0.342 e. The lowest BCUT2D eigenvalue weighted by molar-refractivity contribution is -0.114. The van der Waals surface area contributed by atoms with Crippen LogP contribution < -0.4 is 0 Å². The highest BCUT2D eigenvalue weighted by atomic mass is 16.6. The summed E-state index contributed by atoms with van der Waals surface area (Å²) in [7, 11) is 0. The molecule has 0 bridgehead atoms. The topological polar surface area (TPSA) is 96.4 Å². The standard InChI is InChI=1S/C17H18O6.C7H10/c18-11-3-1-2-4-14-15(23-14)5-6-22-17(21)16-10(7-11)8-12(19)9-13(16)20;1-7-5-3-2-4-6-7/h1,3,8-9,14-15,19-20H,2,4-7H2;3,5-6H,2,4H2,1H3/b3-1+;. The zero-order valence-electron chi connectivity index (χ0n) is 17.2. The molecule has 1 aliphatic carbocycles. The Morgan fingerprint density at radius 1 is 0.967 bits per heavy atom. The molecule has 0 saturated carbocycles. The highest BCUT2D eigenvalue weighted by Crippen LogP contribution is 2.31.